The lowest BCUT2D eigenvalue weighted by Gasteiger charge is -2.09. The highest BCUT2D eigenvalue weighted by Crippen LogP contribution is 2.30. The highest BCUT2D eigenvalue weighted by molar-refractivity contribution is 5.91. The van der Waals surface area contributed by atoms with Crippen LogP contribution in [0, 0.1) is 0 Å². The Balaban J connectivity index is 1.69. The number of ether oxygens (including phenoxy) is 1. The van der Waals surface area contributed by atoms with Gasteiger partial charge in [0.05, 0.1) is 5.69 Å². The minimum Gasteiger partial charge on any atom is -0.454 e. The van der Waals surface area contributed by atoms with Crippen LogP contribution in [0.25, 0.3) is 34.2 Å². The molecule has 0 spiro atoms. The van der Waals surface area contributed by atoms with E-state index in [1.54, 1.807) is 10.8 Å². The Morgan fingerprint density at radius 2 is 1.87 bits per heavy atom. The minimum atomic E-state index is -0.885. The third kappa shape index (κ3) is 4.40. The molecule has 1 N–H and O–H groups in total. The summed E-state index contributed by atoms with van der Waals surface area (Å²) in [7, 11) is 1.49. The second kappa shape index (κ2) is 8.71. The molecule has 4 aromatic rings. The van der Waals surface area contributed by atoms with E-state index in [2.05, 4.69) is 10.4 Å². The van der Waals surface area contributed by atoms with Crippen LogP contribution in [0.15, 0.2) is 77.4 Å². The first-order valence-electron chi connectivity index (χ1n) is 9.79. The SMILES string of the molecule is CNC(=O)[C@H](C)OC(=O)/C=C\c1cn(-c2ccccc2)nc1-c1cc2ccccc2o1. The Bertz CT molecular complexity index is 1220. The number of carbonyl (C=O) groups is 2. The highest BCUT2D eigenvalue weighted by atomic mass is 16.5. The van der Waals surface area contributed by atoms with E-state index in [4.69, 9.17) is 9.15 Å². The minimum absolute atomic E-state index is 0.374. The van der Waals surface area contributed by atoms with Crippen LogP contribution in [0.2, 0.25) is 0 Å². The Morgan fingerprint density at radius 1 is 1.13 bits per heavy atom. The van der Waals surface area contributed by atoms with Crippen LogP contribution in [0.1, 0.15) is 12.5 Å². The quantitative estimate of drug-likeness (QED) is 0.380. The van der Waals surface area contributed by atoms with E-state index in [-0.39, 0.29) is 5.91 Å². The largest absolute Gasteiger partial charge is 0.454 e. The smallest absolute Gasteiger partial charge is 0.331 e. The predicted octanol–water partition coefficient (Wildman–Crippen LogP) is 3.98. The van der Waals surface area contributed by atoms with Gasteiger partial charge in [-0.05, 0) is 37.3 Å². The van der Waals surface area contributed by atoms with Gasteiger partial charge in [-0.25, -0.2) is 9.48 Å². The normalized spacial score (nSPS) is 12.2. The third-order valence-corrected chi connectivity index (χ3v) is 4.73. The molecule has 0 saturated carbocycles. The van der Waals surface area contributed by atoms with Crippen molar-refractivity contribution in [2.75, 3.05) is 7.05 Å². The van der Waals surface area contributed by atoms with Gasteiger partial charge >= 0.3 is 5.97 Å². The van der Waals surface area contributed by atoms with Crippen molar-refractivity contribution < 1.29 is 18.7 Å². The monoisotopic (exact) mass is 415 g/mol. The first-order chi connectivity index (χ1) is 15.0. The Hall–Kier alpha value is -4.13. The van der Waals surface area contributed by atoms with E-state index in [0.29, 0.717) is 17.0 Å². The number of hydrogen-bond donors (Lipinski definition) is 1. The Labute approximate surface area is 178 Å². The summed E-state index contributed by atoms with van der Waals surface area (Å²) in [5.74, 6) is -0.414. The maximum Gasteiger partial charge on any atom is 0.331 e. The Kier molecular flexibility index (Phi) is 5.66. The van der Waals surface area contributed by atoms with Gasteiger partial charge in [-0.1, -0.05) is 36.4 Å². The molecule has 0 aliphatic heterocycles. The lowest BCUT2D eigenvalue weighted by atomic mass is 10.2. The number of esters is 1. The number of furan rings is 1. The molecule has 0 aliphatic rings. The van der Waals surface area contributed by atoms with E-state index < -0.39 is 12.1 Å². The molecule has 0 saturated heterocycles. The number of rotatable bonds is 6. The number of nitrogens with zero attached hydrogens (tertiary/aromatic N) is 2. The molecule has 1 atom stereocenters. The summed E-state index contributed by atoms with van der Waals surface area (Å²) in [4.78, 5) is 23.7. The number of nitrogens with one attached hydrogen (secondary N) is 1. The summed E-state index contributed by atoms with van der Waals surface area (Å²) < 4.78 is 12.8. The fraction of sp³-hybridized carbons (Fsp3) is 0.125. The zero-order chi connectivity index (χ0) is 21.8. The Morgan fingerprint density at radius 3 is 2.61 bits per heavy atom. The topological polar surface area (TPSA) is 86.4 Å². The molecule has 4 rings (SSSR count). The molecule has 2 heterocycles. The van der Waals surface area contributed by atoms with Crippen LogP contribution < -0.4 is 5.32 Å². The van der Waals surface area contributed by atoms with Crippen molar-refractivity contribution in [1.82, 2.24) is 15.1 Å². The van der Waals surface area contributed by atoms with E-state index in [1.165, 1.54) is 20.0 Å². The number of aromatic nitrogens is 2. The van der Waals surface area contributed by atoms with E-state index in [0.717, 1.165) is 16.7 Å². The van der Waals surface area contributed by atoms with Crippen molar-refractivity contribution in [3.05, 3.63) is 78.5 Å². The van der Waals surface area contributed by atoms with Gasteiger partial charge in [0.2, 0.25) is 0 Å². The van der Waals surface area contributed by atoms with Crippen LogP contribution in [-0.4, -0.2) is 34.8 Å². The summed E-state index contributed by atoms with van der Waals surface area (Å²) in [6.45, 7) is 1.51. The van der Waals surface area contributed by atoms with Crippen LogP contribution >= 0.6 is 0 Å². The van der Waals surface area contributed by atoms with Crippen LogP contribution in [0.4, 0.5) is 0 Å². The van der Waals surface area contributed by atoms with E-state index >= 15 is 0 Å². The molecule has 7 heteroatoms. The van der Waals surface area contributed by atoms with Gasteiger partial charge in [-0.3, -0.25) is 4.79 Å². The molecular formula is C24H21N3O4. The van der Waals surface area contributed by atoms with Gasteiger partial charge in [-0.2, -0.15) is 5.10 Å². The number of amides is 1. The number of benzene rings is 2. The first-order valence-corrected chi connectivity index (χ1v) is 9.79. The summed E-state index contributed by atoms with van der Waals surface area (Å²) in [6, 6.07) is 19.2. The van der Waals surface area contributed by atoms with Crippen LogP contribution in [-0.2, 0) is 14.3 Å². The second-order valence-electron chi connectivity index (χ2n) is 6.89. The van der Waals surface area contributed by atoms with Gasteiger partial charge in [0, 0.05) is 30.3 Å². The lowest BCUT2D eigenvalue weighted by molar-refractivity contribution is -0.149. The molecule has 2 aromatic carbocycles. The van der Waals surface area contributed by atoms with E-state index in [9.17, 15) is 9.59 Å². The van der Waals surface area contributed by atoms with E-state index in [1.807, 2.05) is 66.9 Å². The summed E-state index contributed by atoms with van der Waals surface area (Å²) in [6.07, 6.45) is 3.80. The number of hydrogen-bond acceptors (Lipinski definition) is 5. The van der Waals surface area contributed by atoms with Crippen molar-refractivity contribution in [3.63, 3.8) is 0 Å². The number of fused-ring (bicyclic) bond motifs is 1. The molecule has 156 valence electrons. The zero-order valence-electron chi connectivity index (χ0n) is 17.1. The summed E-state index contributed by atoms with van der Waals surface area (Å²) in [5.41, 5.74) is 2.88. The molecule has 0 aliphatic carbocycles. The van der Waals surface area contributed by atoms with Crippen molar-refractivity contribution in [2.45, 2.75) is 13.0 Å². The van der Waals surface area contributed by atoms with Crippen LogP contribution in [0.5, 0.6) is 0 Å². The average Bonchev–Trinajstić information content (AvgIpc) is 3.41. The number of para-hydroxylation sites is 2. The zero-order valence-corrected chi connectivity index (χ0v) is 17.1. The first kappa shape index (κ1) is 20.2. The molecule has 0 fully saturated rings. The fourth-order valence-electron chi connectivity index (χ4n) is 3.14. The average molecular weight is 415 g/mol. The molecule has 2 aromatic heterocycles. The van der Waals surface area contributed by atoms with Gasteiger partial charge in [0.1, 0.15) is 11.3 Å². The van der Waals surface area contributed by atoms with Crippen LogP contribution in [0.3, 0.4) is 0 Å². The predicted molar refractivity (Wildman–Crippen MR) is 117 cm³/mol. The van der Waals surface area contributed by atoms with Crippen molar-refractivity contribution in [2.24, 2.45) is 0 Å². The van der Waals surface area contributed by atoms with Gasteiger partial charge in [-0.15, -0.1) is 0 Å². The van der Waals surface area contributed by atoms with Gasteiger partial charge in [0.15, 0.2) is 11.9 Å². The maximum atomic E-state index is 12.2. The number of carbonyl (C=O) groups excluding carboxylic acids is 2. The lowest BCUT2D eigenvalue weighted by Crippen LogP contribution is -2.32. The molecule has 0 unspecified atom stereocenters. The second-order valence-corrected chi connectivity index (χ2v) is 6.89. The third-order valence-electron chi connectivity index (χ3n) is 4.73. The molecule has 0 bridgehead atoms. The van der Waals surface area contributed by atoms with Gasteiger partial charge < -0.3 is 14.5 Å². The van der Waals surface area contributed by atoms with Crippen molar-refractivity contribution >= 4 is 28.9 Å². The molecular weight excluding hydrogens is 394 g/mol. The number of likely N-dealkylation sites (N-methyl/N-ethyl adjacent to an activating group) is 1. The fourth-order valence-corrected chi connectivity index (χ4v) is 3.14. The molecule has 7 nitrogen and oxygen atoms in total. The molecule has 1 amide bonds. The van der Waals surface area contributed by atoms with Crippen molar-refractivity contribution in [3.8, 4) is 17.1 Å². The summed E-state index contributed by atoms with van der Waals surface area (Å²) in [5, 5.41) is 8.08. The molecule has 0 radical (unpaired) electrons. The maximum absolute atomic E-state index is 12.2. The molecule has 31 heavy (non-hydrogen) atoms. The highest BCUT2D eigenvalue weighted by Gasteiger charge is 2.17. The summed E-state index contributed by atoms with van der Waals surface area (Å²) >= 11 is 0. The standard InChI is InChI=1S/C24H21N3O4/c1-16(24(29)25-2)30-22(28)13-12-18-15-27(19-9-4-3-5-10-19)26-23(18)21-14-17-8-6-7-11-20(17)31-21/h3-16H,1-2H3,(H,25,29)/b13-12-/t16-/m0/s1. The van der Waals surface area contributed by atoms with Gasteiger partial charge in [0.25, 0.3) is 5.91 Å². The van der Waals surface area contributed by atoms with Crippen molar-refractivity contribution in [1.29, 1.82) is 0 Å².